The van der Waals surface area contributed by atoms with Crippen molar-refractivity contribution < 1.29 is 19.1 Å². The highest BCUT2D eigenvalue weighted by molar-refractivity contribution is 5.98. The summed E-state index contributed by atoms with van der Waals surface area (Å²) in [6, 6.07) is 14.4. The van der Waals surface area contributed by atoms with Gasteiger partial charge in [0.25, 0.3) is 0 Å². The zero-order chi connectivity index (χ0) is 21.5. The topological polar surface area (TPSA) is 71.1 Å². The van der Waals surface area contributed by atoms with Gasteiger partial charge in [0, 0.05) is 30.9 Å². The van der Waals surface area contributed by atoms with Gasteiger partial charge in [0.2, 0.25) is 5.91 Å². The predicted molar refractivity (Wildman–Crippen MR) is 118 cm³/mol. The van der Waals surface area contributed by atoms with E-state index in [9.17, 15) is 9.59 Å². The summed E-state index contributed by atoms with van der Waals surface area (Å²) >= 11 is 0. The van der Waals surface area contributed by atoms with Gasteiger partial charge in [0.05, 0.1) is 19.3 Å². The first-order valence-electron chi connectivity index (χ1n) is 10.4. The van der Waals surface area contributed by atoms with Crippen molar-refractivity contribution in [3.05, 3.63) is 48.5 Å². The minimum Gasteiger partial charge on any atom is -0.494 e. The van der Waals surface area contributed by atoms with E-state index in [2.05, 4.69) is 5.32 Å². The molecule has 0 saturated carbocycles. The normalized spacial score (nSPS) is 15.8. The number of anilines is 2. The number of carbonyl (C=O) groups is 2. The fourth-order valence-corrected chi connectivity index (χ4v) is 3.53. The minimum atomic E-state index is -0.242. The third kappa shape index (κ3) is 5.03. The number of nitrogens with zero attached hydrogens (tertiary/aromatic N) is 2. The van der Waals surface area contributed by atoms with Crippen LogP contribution in [0.15, 0.2) is 48.5 Å². The first-order valence-corrected chi connectivity index (χ1v) is 10.4. The average molecular weight is 412 g/mol. The molecule has 0 spiro atoms. The van der Waals surface area contributed by atoms with Gasteiger partial charge < -0.3 is 19.7 Å². The van der Waals surface area contributed by atoms with Crippen LogP contribution in [0.4, 0.5) is 16.2 Å². The summed E-state index contributed by atoms with van der Waals surface area (Å²) in [6.07, 6.45) is 0.278. The lowest BCUT2D eigenvalue weighted by molar-refractivity contribution is -0.117. The number of amides is 3. The predicted octanol–water partition coefficient (Wildman–Crippen LogP) is 3.83. The number of nitrogens with one attached hydrogen (secondary N) is 1. The van der Waals surface area contributed by atoms with Crippen molar-refractivity contribution in [1.29, 1.82) is 0 Å². The first kappa shape index (κ1) is 21.5. The van der Waals surface area contributed by atoms with Crippen LogP contribution >= 0.6 is 0 Å². The van der Waals surface area contributed by atoms with Gasteiger partial charge in [-0.3, -0.25) is 9.69 Å². The van der Waals surface area contributed by atoms with Gasteiger partial charge in [-0.05, 0) is 69.3 Å². The quantitative estimate of drug-likeness (QED) is 0.717. The molecule has 1 fully saturated rings. The monoisotopic (exact) mass is 411 g/mol. The van der Waals surface area contributed by atoms with Gasteiger partial charge in [0.15, 0.2) is 0 Å². The van der Waals surface area contributed by atoms with E-state index in [0.29, 0.717) is 26.3 Å². The molecule has 7 heteroatoms. The third-order valence-corrected chi connectivity index (χ3v) is 4.93. The van der Waals surface area contributed by atoms with Crippen molar-refractivity contribution in [3.63, 3.8) is 0 Å². The standard InChI is InChI=1S/C23H29N3O4/c1-4-25(18-7-11-20(12-8-18)29-5-2)23(28)24-17-15-22(27)26(16-17)19-9-13-21(14-10-19)30-6-3/h7-14,17H,4-6,15-16H2,1-3H3,(H,24,28)/t17-/m0/s1. The minimum absolute atomic E-state index is 0.00595. The summed E-state index contributed by atoms with van der Waals surface area (Å²) in [7, 11) is 0. The lowest BCUT2D eigenvalue weighted by Gasteiger charge is -2.24. The second-order valence-electron chi connectivity index (χ2n) is 6.95. The molecule has 3 rings (SSSR count). The van der Waals surface area contributed by atoms with Gasteiger partial charge in [-0.2, -0.15) is 0 Å². The van der Waals surface area contributed by atoms with E-state index in [1.54, 1.807) is 9.80 Å². The molecule has 7 nitrogen and oxygen atoms in total. The Kier molecular flexibility index (Phi) is 7.17. The maximum atomic E-state index is 12.8. The van der Waals surface area contributed by atoms with Crippen LogP contribution in [0.2, 0.25) is 0 Å². The molecular formula is C23H29N3O4. The van der Waals surface area contributed by atoms with E-state index in [1.807, 2.05) is 69.3 Å². The molecule has 3 amide bonds. The third-order valence-electron chi connectivity index (χ3n) is 4.93. The molecule has 1 saturated heterocycles. The Morgan fingerprint density at radius 3 is 2.10 bits per heavy atom. The lowest BCUT2D eigenvalue weighted by atomic mass is 10.2. The highest BCUT2D eigenvalue weighted by atomic mass is 16.5. The Hall–Kier alpha value is -3.22. The van der Waals surface area contributed by atoms with Crippen LogP contribution in [-0.4, -0.2) is 44.3 Å². The zero-order valence-corrected chi connectivity index (χ0v) is 17.8. The van der Waals surface area contributed by atoms with Gasteiger partial charge in [-0.1, -0.05) is 0 Å². The molecule has 1 atom stereocenters. The molecular weight excluding hydrogens is 382 g/mol. The van der Waals surface area contributed by atoms with Crippen molar-refractivity contribution in [1.82, 2.24) is 5.32 Å². The van der Waals surface area contributed by atoms with Crippen molar-refractivity contribution in [2.45, 2.75) is 33.2 Å². The molecule has 0 unspecified atom stereocenters. The van der Waals surface area contributed by atoms with E-state index < -0.39 is 0 Å². The van der Waals surface area contributed by atoms with E-state index >= 15 is 0 Å². The number of urea groups is 1. The second kappa shape index (κ2) is 10.0. The van der Waals surface area contributed by atoms with Crippen molar-refractivity contribution in [2.75, 3.05) is 36.1 Å². The molecule has 160 valence electrons. The molecule has 1 N–H and O–H groups in total. The van der Waals surface area contributed by atoms with E-state index in [4.69, 9.17) is 9.47 Å². The molecule has 0 aliphatic carbocycles. The van der Waals surface area contributed by atoms with Crippen molar-refractivity contribution >= 4 is 23.3 Å². The fraction of sp³-hybridized carbons (Fsp3) is 0.391. The van der Waals surface area contributed by atoms with Crippen LogP contribution in [-0.2, 0) is 4.79 Å². The molecule has 0 radical (unpaired) electrons. The number of rotatable bonds is 8. The van der Waals surface area contributed by atoms with Gasteiger partial charge in [-0.15, -0.1) is 0 Å². The highest BCUT2D eigenvalue weighted by Gasteiger charge is 2.32. The highest BCUT2D eigenvalue weighted by Crippen LogP contribution is 2.25. The fourth-order valence-electron chi connectivity index (χ4n) is 3.53. The summed E-state index contributed by atoms with van der Waals surface area (Å²) in [5.74, 6) is 1.53. The molecule has 30 heavy (non-hydrogen) atoms. The van der Waals surface area contributed by atoms with Crippen LogP contribution in [0.5, 0.6) is 11.5 Å². The van der Waals surface area contributed by atoms with Gasteiger partial charge >= 0.3 is 6.03 Å². The van der Waals surface area contributed by atoms with E-state index in [1.165, 1.54) is 0 Å². The summed E-state index contributed by atoms with van der Waals surface area (Å²) in [5, 5.41) is 3.00. The Labute approximate surface area is 177 Å². The van der Waals surface area contributed by atoms with E-state index in [-0.39, 0.29) is 24.4 Å². The molecule has 1 heterocycles. The maximum absolute atomic E-state index is 12.8. The smallest absolute Gasteiger partial charge is 0.322 e. The van der Waals surface area contributed by atoms with Crippen molar-refractivity contribution in [3.8, 4) is 11.5 Å². The van der Waals surface area contributed by atoms with Crippen LogP contribution in [0.1, 0.15) is 27.2 Å². The van der Waals surface area contributed by atoms with Crippen LogP contribution < -0.4 is 24.6 Å². The molecule has 2 aromatic rings. The van der Waals surface area contributed by atoms with Gasteiger partial charge in [0.1, 0.15) is 11.5 Å². The maximum Gasteiger partial charge on any atom is 0.322 e. The Morgan fingerprint density at radius 1 is 1.00 bits per heavy atom. The lowest BCUT2D eigenvalue weighted by Crippen LogP contribution is -2.46. The molecule has 1 aliphatic heterocycles. The second-order valence-corrected chi connectivity index (χ2v) is 6.95. The average Bonchev–Trinajstić information content (AvgIpc) is 3.11. The van der Waals surface area contributed by atoms with Crippen molar-refractivity contribution in [2.24, 2.45) is 0 Å². The number of benzene rings is 2. The van der Waals surface area contributed by atoms with Crippen LogP contribution in [0.3, 0.4) is 0 Å². The SMILES string of the molecule is CCOc1ccc(N2C[C@@H](NC(=O)N(CC)c3ccc(OCC)cc3)CC2=O)cc1. The number of carbonyl (C=O) groups excluding carboxylic acids is 2. The van der Waals surface area contributed by atoms with E-state index in [0.717, 1.165) is 22.9 Å². The summed E-state index contributed by atoms with van der Waals surface area (Å²) in [6.45, 7) is 7.93. The Balaban J connectivity index is 1.62. The number of hydrogen-bond donors (Lipinski definition) is 1. The first-order chi connectivity index (χ1) is 14.5. The van der Waals surface area contributed by atoms with Crippen LogP contribution in [0.25, 0.3) is 0 Å². The molecule has 0 aromatic heterocycles. The molecule has 2 aromatic carbocycles. The summed E-state index contributed by atoms with van der Waals surface area (Å²) < 4.78 is 10.9. The Bertz CT molecular complexity index is 852. The zero-order valence-electron chi connectivity index (χ0n) is 17.8. The number of ether oxygens (including phenoxy) is 2. The molecule has 0 bridgehead atoms. The summed E-state index contributed by atoms with van der Waals surface area (Å²) in [5.41, 5.74) is 1.59. The summed E-state index contributed by atoms with van der Waals surface area (Å²) in [4.78, 5) is 28.7. The largest absolute Gasteiger partial charge is 0.494 e. The van der Waals surface area contributed by atoms with Crippen LogP contribution in [0, 0.1) is 0 Å². The van der Waals surface area contributed by atoms with Gasteiger partial charge in [-0.25, -0.2) is 4.79 Å². The number of hydrogen-bond acceptors (Lipinski definition) is 4. The Morgan fingerprint density at radius 2 is 1.57 bits per heavy atom. The molecule has 1 aliphatic rings.